The summed E-state index contributed by atoms with van der Waals surface area (Å²) in [5, 5.41) is 50.3. The predicted octanol–water partition coefficient (Wildman–Crippen LogP) is 2.37. The SMILES string of the molecule is CC(C)(O)CCc1ccc(Cc2cc([C@@H]3O[C@H](CO)[C@@H](O)C(O)[C@H]3O)ccc2C2CC2)cc1. The van der Waals surface area contributed by atoms with Gasteiger partial charge in [0.2, 0.25) is 0 Å². The summed E-state index contributed by atoms with van der Waals surface area (Å²) >= 11 is 0. The van der Waals surface area contributed by atoms with Crippen molar-refractivity contribution < 1.29 is 30.3 Å². The van der Waals surface area contributed by atoms with Gasteiger partial charge in [0.15, 0.2) is 0 Å². The molecule has 5 N–H and O–H groups in total. The molecule has 0 amide bonds. The first-order valence-corrected chi connectivity index (χ1v) is 11.9. The van der Waals surface area contributed by atoms with Crippen molar-refractivity contribution in [2.45, 2.75) is 88.0 Å². The number of benzene rings is 2. The second-order valence-corrected chi connectivity index (χ2v) is 10.3. The molecule has 2 aromatic rings. The van der Waals surface area contributed by atoms with Gasteiger partial charge in [-0.1, -0.05) is 42.5 Å². The molecule has 6 heteroatoms. The normalized spacial score (nSPS) is 28.2. The van der Waals surface area contributed by atoms with Crippen molar-refractivity contribution >= 4 is 0 Å². The molecule has 2 aromatic carbocycles. The van der Waals surface area contributed by atoms with E-state index >= 15 is 0 Å². The summed E-state index contributed by atoms with van der Waals surface area (Å²) in [4.78, 5) is 0. The monoisotopic (exact) mass is 456 g/mol. The van der Waals surface area contributed by atoms with E-state index in [-0.39, 0.29) is 0 Å². The Bertz CT molecular complexity index is 929. The van der Waals surface area contributed by atoms with Crippen molar-refractivity contribution in [1.29, 1.82) is 0 Å². The van der Waals surface area contributed by atoms with E-state index in [1.165, 1.54) is 29.5 Å². The van der Waals surface area contributed by atoms with Crippen molar-refractivity contribution in [1.82, 2.24) is 0 Å². The van der Waals surface area contributed by atoms with Gasteiger partial charge in [-0.3, -0.25) is 0 Å². The van der Waals surface area contributed by atoms with Crippen LogP contribution >= 0.6 is 0 Å². The lowest BCUT2D eigenvalue weighted by molar-refractivity contribution is -0.231. The molecule has 2 aliphatic rings. The lowest BCUT2D eigenvalue weighted by Gasteiger charge is -2.40. The summed E-state index contributed by atoms with van der Waals surface area (Å²) in [6.07, 6.45) is -1.16. The van der Waals surface area contributed by atoms with E-state index < -0.39 is 42.7 Å². The van der Waals surface area contributed by atoms with E-state index in [9.17, 15) is 25.5 Å². The smallest absolute Gasteiger partial charge is 0.113 e. The molecule has 180 valence electrons. The Morgan fingerprint density at radius 1 is 0.909 bits per heavy atom. The van der Waals surface area contributed by atoms with Crippen molar-refractivity contribution in [2.24, 2.45) is 0 Å². The Balaban J connectivity index is 1.55. The summed E-state index contributed by atoms with van der Waals surface area (Å²) < 4.78 is 5.78. The van der Waals surface area contributed by atoms with E-state index in [2.05, 4.69) is 30.3 Å². The summed E-state index contributed by atoms with van der Waals surface area (Å²) in [5.74, 6) is 0.551. The summed E-state index contributed by atoms with van der Waals surface area (Å²) in [5.41, 5.74) is 4.88. The quantitative estimate of drug-likeness (QED) is 0.417. The maximum Gasteiger partial charge on any atom is 0.113 e. The van der Waals surface area contributed by atoms with Crippen LogP contribution in [0.25, 0.3) is 0 Å². The minimum absolute atomic E-state index is 0.436. The van der Waals surface area contributed by atoms with E-state index in [0.29, 0.717) is 12.3 Å². The molecule has 1 heterocycles. The summed E-state index contributed by atoms with van der Waals surface area (Å²) in [7, 11) is 0. The number of aliphatic hydroxyl groups excluding tert-OH is 4. The average molecular weight is 457 g/mol. The predicted molar refractivity (Wildman–Crippen MR) is 125 cm³/mol. The molecule has 0 radical (unpaired) electrons. The van der Waals surface area contributed by atoms with Crippen LogP contribution in [0.15, 0.2) is 42.5 Å². The van der Waals surface area contributed by atoms with Gasteiger partial charge >= 0.3 is 0 Å². The molecule has 1 aliphatic carbocycles. The van der Waals surface area contributed by atoms with E-state index in [1.807, 2.05) is 26.0 Å². The maximum absolute atomic E-state index is 10.5. The third-order valence-electron chi connectivity index (χ3n) is 6.85. The Kier molecular flexibility index (Phi) is 7.24. The molecule has 1 unspecified atom stereocenters. The van der Waals surface area contributed by atoms with Crippen molar-refractivity contribution in [3.8, 4) is 0 Å². The Hall–Kier alpha value is -1.80. The third-order valence-corrected chi connectivity index (χ3v) is 6.85. The number of aliphatic hydroxyl groups is 5. The minimum Gasteiger partial charge on any atom is -0.394 e. The zero-order valence-corrected chi connectivity index (χ0v) is 19.4. The van der Waals surface area contributed by atoms with Crippen molar-refractivity contribution in [3.63, 3.8) is 0 Å². The topological polar surface area (TPSA) is 110 Å². The van der Waals surface area contributed by atoms with Crippen molar-refractivity contribution in [3.05, 3.63) is 70.3 Å². The van der Waals surface area contributed by atoms with E-state index in [1.54, 1.807) is 0 Å². The lowest BCUT2D eigenvalue weighted by Crippen LogP contribution is -2.55. The molecule has 4 rings (SSSR count). The van der Waals surface area contributed by atoms with Crippen LogP contribution in [-0.2, 0) is 17.6 Å². The van der Waals surface area contributed by atoms with Gasteiger partial charge in [-0.25, -0.2) is 0 Å². The van der Waals surface area contributed by atoms with Gasteiger partial charge in [-0.05, 0) is 79.7 Å². The molecule has 1 saturated heterocycles. The lowest BCUT2D eigenvalue weighted by atomic mass is 9.88. The van der Waals surface area contributed by atoms with Crippen LogP contribution < -0.4 is 0 Å². The van der Waals surface area contributed by atoms with Gasteiger partial charge in [0.25, 0.3) is 0 Å². The standard InChI is InChI=1S/C27H36O6/c1-27(2,32)12-11-16-3-5-17(6-4-16)13-20-14-19(9-10-21(20)18-7-8-18)26-25(31)24(30)23(29)22(15-28)33-26/h3-6,9-10,14,18,22-26,28-32H,7-8,11-13,15H2,1-2H3/t22-,23-,24?,25-,26+/m1/s1. The largest absolute Gasteiger partial charge is 0.394 e. The highest BCUT2D eigenvalue weighted by Crippen LogP contribution is 2.43. The van der Waals surface area contributed by atoms with Crippen LogP contribution in [0, 0.1) is 0 Å². The molecule has 6 nitrogen and oxygen atoms in total. The highest BCUT2D eigenvalue weighted by Gasteiger charge is 2.44. The number of rotatable bonds is 8. The Labute approximate surface area is 195 Å². The molecule has 2 fully saturated rings. The van der Waals surface area contributed by atoms with Gasteiger partial charge in [0, 0.05) is 0 Å². The molecular weight excluding hydrogens is 420 g/mol. The molecule has 33 heavy (non-hydrogen) atoms. The van der Waals surface area contributed by atoms with Crippen LogP contribution in [0.4, 0.5) is 0 Å². The molecule has 5 atom stereocenters. The van der Waals surface area contributed by atoms with Gasteiger partial charge in [0.1, 0.15) is 30.5 Å². The second kappa shape index (κ2) is 9.82. The zero-order chi connectivity index (χ0) is 23.8. The third kappa shape index (κ3) is 5.83. The molecule has 1 aliphatic heterocycles. The molecule has 0 aromatic heterocycles. The number of hydrogen-bond donors (Lipinski definition) is 5. The fourth-order valence-corrected chi connectivity index (χ4v) is 4.62. The molecular formula is C27H36O6. The zero-order valence-electron chi connectivity index (χ0n) is 19.4. The van der Waals surface area contributed by atoms with Crippen LogP contribution in [0.5, 0.6) is 0 Å². The highest BCUT2D eigenvalue weighted by molar-refractivity contribution is 5.41. The number of hydrogen-bond acceptors (Lipinski definition) is 6. The molecule has 0 spiro atoms. The highest BCUT2D eigenvalue weighted by atomic mass is 16.5. The Morgan fingerprint density at radius 2 is 1.58 bits per heavy atom. The Morgan fingerprint density at radius 3 is 2.18 bits per heavy atom. The van der Waals surface area contributed by atoms with Crippen molar-refractivity contribution in [2.75, 3.05) is 6.61 Å². The first kappa shape index (κ1) is 24.3. The fourth-order valence-electron chi connectivity index (χ4n) is 4.62. The first-order valence-electron chi connectivity index (χ1n) is 11.9. The molecule has 1 saturated carbocycles. The first-order chi connectivity index (χ1) is 15.7. The fraction of sp³-hybridized carbons (Fsp3) is 0.556. The second-order valence-electron chi connectivity index (χ2n) is 10.3. The average Bonchev–Trinajstić information content (AvgIpc) is 3.62. The maximum atomic E-state index is 10.5. The van der Waals surface area contributed by atoms with Crippen LogP contribution in [0.3, 0.4) is 0 Å². The van der Waals surface area contributed by atoms with Crippen LogP contribution in [-0.4, -0.2) is 62.2 Å². The summed E-state index contributed by atoms with van der Waals surface area (Å²) in [6, 6.07) is 14.5. The van der Waals surface area contributed by atoms with E-state index in [0.717, 1.165) is 24.0 Å². The van der Waals surface area contributed by atoms with Gasteiger partial charge in [-0.2, -0.15) is 0 Å². The summed E-state index contributed by atoms with van der Waals surface area (Å²) in [6.45, 7) is 3.21. The van der Waals surface area contributed by atoms with Gasteiger partial charge in [-0.15, -0.1) is 0 Å². The van der Waals surface area contributed by atoms with Gasteiger partial charge in [0.05, 0.1) is 12.2 Å². The number of ether oxygens (including phenoxy) is 1. The molecule has 0 bridgehead atoms. The minimum atomic E-state index is -1.39. The number of aryl methyl sites for hydroxylation is 1. The van der Waals surface area contributed by atoms with Crippen LogP contribution in [0.1, 0.15) is 72.9 Å². The van der Waals surface area contributed by atoms with Gasteiger partial charge < -0.3 is 30.3 Å². The van der Waals surface area contributed by atoms with E-state index in [4.69, 9.17) is 4.74 Å². The van der Waals surface area contributed by atoms with Crippen LogP contribution in [0.2, 0.25) is 0 Å².